The zero-order valence-corrected chi connectivity index (χ0v) is 19.8. The first-order valence-corrected chi connectivity index (χ1v) is 11.0. The summed E-state index contributed by atoms with van der Waals surface area (Å²) in [6.45, 7) is -0.308. The molecule has 3 aromatic rings. The third-order valence-electron chi connectivity index (χ3n) is 4.06. The second-order valence-electron chi connectivity index (χ2n) is 6.32. The second kappa shape index (κ2) is 11.9. The molecule has 0 fully saturated rings. The molecule has 0 saturated carbocycles. The van der Waals surface area contributed by atoms with E-state index in [4.69, 9.17) is 4.74 Å². The fraction of sp³-hybridized carbons (Fsp3) is 0.0435. The van der Waals surface area contributed by atoms with E-state index in [1.165, 1.54) is 12.4 Å². The molecule has 0 bridgehead atoms. The lowest BCUT2D eigenvalue weighted by molar-refractivity contribution is -0.123. The number of benzene rings is 3. The Morgan fingerprint density at radius 1 is 0.781 bits per heavy atom. The maximum absolute atomic E-state index is 12.5. The van der Waals surface area contributed by atoms with Gasteiger partial charge in [-0.15, -0.1) is 0 Å². The molecule has 162 valence electrons. The minimum Gasteiger partial charge on any atom is -0.483 e. The molecule has 0 spiro atoms. The van der Waals surface area contributed by atoms with E-state index >= 15 is 0 Å². The number of halogens is 2. The third kappa shape index (κ3) is 6.86. The first kappa shape index (κ1) is 23.4. The van der Waals surface area contributed by atoms with Crippen LogP contribution in [0.5, 0.6) is 5.75 Å². The highest BCUT2D eigenvalue weighted by atomic mass is 79.9. The number of carbonyl (C=O) groups excluding carboxylic acids is 2. The molecule has 0 heterocycles. The molecule has 32 heavy (non-hydrogen) atoms. The van der Waals surface area contributed by atoms with Crippen molar-refractivity contribution >= 4 is 56.1 Å². The van der Waals surface area contributed by atoms with Crippen LogP contribution < -0.4 is 15.6 Å². The van der Waals surface area contributed by atoms with Crippen LogP contribution in [0.2, 0.25) is 0 Å². The number of hydrogen-bond donors (Lipinski definition) is 2. The Bertz CT molecular complexity index is 1170. The molecule has 0 unspecified atom stereocenters. The summed E-state index contributed by atoms with van der Waals surface area (Å²) in [5.41, 5.74) is 6.74. The van der Waals surface area contributed by atoms with Gasteiger partial charge < -0.3 is 4.74 Å². The predicted octanol–water partition coefficient (Wildman–Crippen LogP) is 4.50. The van der Waals surface area contributed by atoms with Crippen molar-refractivity contribution in [1.29, 1.82) is 0 Å². The molecule has 0 saturated heterocycles. The topological polar surface area (TPSA) is 92.2 Å². The van der Waals surface area contributed by atoms with Crippen LogP contribution >= 0.6 is 31.9 Å². The Hall–Kier alpha value is -3.30. The summed E-state index contributed by atoms with van der Waals surface area (Å²) in [6, 6.07) is 21.5. The van der Waals surface area contributed by atoms with Crippen molar-refractivity contribution < 1.29 is 14.3 Å². The highest BCUT2D eigenvalue weighted by molar-refractivity contribution is 9.10. The van der Waals surface area contributed by atoms with Gasteiger partial charge in [-0.05, 0) is 24.3 Å². The summed E-state index contributed by atoms with van der Waals surface area (Å²) in [6.07, 6.45) is 3.05. The van der Waals surface area contributed by atoms with Gasteiger partial charge in [0.05, 0.1) is 18.0 Å². The Labute approximate surface area is 201 Å². The molecule has 9 heteroatoms. The predicted molar refractivity (Wildman–Crippen MR) is 131 cm³/mol. The highest BCUT2D eigenvalue weighted by Gasteiger charge is 2.12. The van der Waals surface area contributed by atoms with Crippen molar-refractivity contribution in [3.05, 3.63) is 98.4 Å². The average Bonchev–Trinajstić information content (AvgIpc) is 2.80. The third-order valence-corrected chi connectivity index (χ3v) is 5.51. The summed E-state index contributed by atoms with van der Waals surface area (Å²) in [5, 5.41) is 7.89. The summed E-state index contributed by atoms with van der Waals surface area (Å²) in [5.74, 6) is -0.669. The largest absolute Gasteiger partial charge is 0.483 e. The Kier molecular flexibility index (Phi) is 8.70. The van der Waals surface area contributed by atoms with Crippen LogP contribution in [0.15, 0.2) is 91.9 Å². The average molecular weight is 558 g/mol. The normalized spacial score (nSPS) is 10.9. The molecule has 2 amide bonds. The van der Waals surface area contributed by atoms with Crippen molar-refractivity contribution in [2.24, 2.45) is 10.2 Å². The highest BCUT2D eigenvalue weighted by Crippen LogP contribution is 2.18. The van der Waals surface area contributed by atoms with Gasteiger partial charge in [0.25, 0.3) is 11.8 Å². The van der Waals surface area contributed by atoms with Crippen molar-refractivity contribution in [1.82, 2.24) is 10.9 Å². The van der Waals surface area contributed by atoms with E-state index in [0.29, 0.717) is 0 Å². The maximum Gasteiger partial charge on any atom is 0.277 e. The van der Waals surface area contributed by atoms with Gasteiger partial charge in [-0.25, -0.2) is 10.9 Å². The van der Waals surface area contributed by atoms with Gasteiger partial charge in [-0.3, -0.25) is 9.59 Å². The summed E-state index contributed by atoms with van der Waals surface area (Å²) in [7, 11) is 0. The van der Waals surface area contributed by atoms with Crippen molar-refractivity contribution in [2.75, 3.05) is 6.61 Å². The first-order chi connectivity index (χ1) is 15.5. The molecular formula is C23H18Br2N4O3. The number of para-hydroxylation sites is 1. The molecule has 2 N–H and O–H groups in total. The van der Waals surface area contributed by atoms with Gasteiger partial charge >= 0.3 is 0 Å². The number of amides is 2. The number of nitrogens with zero attached hydrogens (tertiary/aromatic N) is 2. The standard InChI is InChI=1S/C23H18Br2N4O3/c24-19-10-4-1-7-16(19)13-26-28-22(30)15-32-21-12-6-3-9-18(21)23(31)29-27-14-17-8-2-5-11-20(17)25/h1-14H,15H2,(H,28,30)(H,29,31)/b26-13-,27-14+. The number of hydrogen-bond acceptors (Lipinski definition) is 5. The molecule has 0 radical (unpaired) electrons. The second-order valence-corrected chi connectivity index (χ2v) is 8.03. The molecule has 0 aromatic heterocycles. The minimum absolute atomic E-state index is 0.251. The van der Waals surface area contributed by atoms with Crippen molar-refractivity contribution in [3.63, 3.8) is 0 Å². The van der Waals surface area contributed by atoms with Crippen LogP contribution in [0.4, 0.5) is 0 Å². The number of ether oxygens (including phenoxy) is 1. The quantitative estimate of drug-likeness (QED) is 0.315. The molecule has 3 aromatic carbocycles. The summed E-state index contributed by atoms with van der Waals surface area (Å²) >= 11 is 6.82. The molecule has 0 atom stereocenters. The summed E-state index contributed by atoms with van der Waals surface area (Å²) < 4.78 is 7.23. The smallest absolute Gasteiger partial charge is 0.277 e. The van der Waals surface area contributed by atoms with E-state index in [-0.39, 0.29) is 17.9 Å². The van der Waals surface area contributed by atoms with Gasteiger partial charge in [-0.2, -0.15) is 10.2 Å². The Morgan fingerprint density at radius 3 is 1.94 bits per heavy atom. The molecule has 0 aliphatic rings. The van der Waals surface area contributed by atoms with E-state index in [2.05, 4.69) is 52.9 Å². The zero-order valence-electron chi connectivity index (χ0n) is 16.7. The van der Waals surface area contributed by atoms with Gasteiger partial charge in [0.15, 0.2) is 6.61 Å². The maximum atomic E-state index is 12.5. The molecule has 3 rings (SSSR count). The molecule has 0 aliphatic carbocycles. The van der Waals surface area contributed by atoms with E-state index in [1.807, 2.05) is 48.5 Å². The molecular weight excluding hydrogens is 540 g/mol. The molecule has 7 nitrogen and oxygen atoms in total. The monoisotopic (exact) mass is 556 g/mol. The van der Waals surface area contributed by atoms with E-state index < -0.39 is 11.8 Å². The van der Waals surface area contributed by atoms with Crippen LogP contribution in [0, 0.1) is 0 Å². The van der Waals surface area contributed by atoms with Crippen LogP contribution in [-0.2, 0) is 4.79 Å². The summed E-state index contributed by atoms with van der Waals surface area (Å²) in [4.78, 5) is 24.5. The van der Waals surface area contributed by atoms with Crippen LogP contribution in [0.25, 0.3) is 0 Å². The van der Waals surface area contributed by atoms with Crippen LogP contribution in [-0.4, -0.2) is 30.9 Å². The minimum atomic E-state index is -0.463. The number of hydrazone groups is 2. The van der Waals surface area contributed by atoms with Crippen LogP contribution in [0.1, 0.15) is 21.5 Å². The van der Waals surface area contributed by atoms with Crippen molar-refractivity contribution in [2.45, 2.75) is 0 Å². The lowest BCUT2D eigenvalue weighted by Crippen LogP contribution is -2.26. The van der Waals surface area contributed by atoms with Gasteiger partial charge in [0.1, 0.15) is 5.75 Å². The van der Waals surface area contributed by atoms with Gasteiger partial charge in [-0.1, -0.05) is 80.4 Å². The van der Waals surface area contributed by atoms with Gasteiger partial charge in [0.2, 0.25) is 0 Å². The number of carbonyl (C=O) groups is 2. The lowest BCUT2D eigenvalue weighted by Gasteiger charge is -2.09. The lowest BCUT2D eigenvalue weighted by atomic mass is 10.2. The van der Waals surface area contributed by atoms with Gasteiger partial charge in [0, 0.05) is 20.1 Å². The van der Waals surface area contributed by atoms with Crippen LogP contribution in [0.3, 0.4) is 0 Å². The van der Waals surface area contributed by atoms with Crippen molar-refractivity contribution in [3.8, 4) is 5.75 Å². The van der Waals surface area contributed by atoms with E-state index in [1.54, 1.807) is 24.3 Å². The number of nitrogens with one attached hydrogen (secondary N) is 2. The van der Waals surface area contributed by atoms with E-state index in [9.17, 15) is 9.59 Å². The Balaban J connectivity index is 1.55. The zero-order chi connectivity index (χ0) is 22.8. The number of rotatable bonds is 8. The molecule has 0 aliphatic heterocycles. The SMILES string of the molecule is O=C(COc1ccccc1C(=O)N/N=C/c1ccccc1Br)N/N=C\c1ccccc1Br. The fourth-order valence-corrected chi connectivity index (χ4v) is 3.28. The first-order valence-electron chi connectivity index (χ1n) is 9.41. The van der Waals surface area contributed by atoms with E-state index in [0.717, 1.165) is 20.1 Å². The Morgan fingerprint density at radius 2 is 1.31 bits per heavy atom. The fourth-order valence-electron chi connectivity index (χ4n) is 2.51.